The maximum Gasteiger partial charge on any atom is 0.292 e. The Balaban J connectivity index is 1.90. The molecule has 2 aromatic carbocycles. The molecule has 120 valence electrons. The van der Waals surface area contributed by atoms with Crippen molar-refractivity contribution < 1.29 is 14.1 Å². The fraction of sp³-hybridized carbons (Fsp3) is 0.250. The van der Waals surface area contributed by atoms with E-state index in [1.54, 1.807) is 4.90 Å². The van der Waals surface area contributed by atoms with E-state index >= 15 is 0 Å². The number of hydrogen-bond donors (Lipinski definition) is 0. The molecule has 0 saturated carbocycles. The summed E-state index contributed by atoms with van der Waals surface area (Å²) in [6.45, 7) is 1.33. The molecule has 0 N–H and O–H groups in total. The highest BCUT2D eigenvalue weighted by atomic mass is 79.9. The highest BCUT2D eigenvalue weighted by Gasteiger charge is 2.27. The molecule has 2 aromatic rings. The molecular weight excluding hydrogens is 367 g/mol. The molecular formula is C16H14BrFN2O3. The molecule has 1 unspecified atom stereocenters. The average molecular weight is 381 g/mol. The second-order valence-electron chi connectivity index (χ2n) is 5.25. The van der Waals surface area contributed by atoms with E-state index in [4.69, 9.17) is 4.74 Å². The van der Waals surface area contributed by atoms with Crippen molar-refractivity contribution in [3.8, 4) is 0 Å². The first-order valence-electron chi connectivity index (χ1n) is 7.10. The summed E-state index contributed by atoms with van der Waals surface area (Å²) < 4.78 is 20.3. The predicted octanol–water partition coefficient (Wildman–Crippen LogP) is 4.07. The molecule has 0 aliphatic carbocycles. The Kier molecular flexibility index (Phi) is 4.58. The smallest absolute Gasteiger partial charge is 0.292 e. The number of halogens is 2. The SMILES string of the molecule is O=[N+]([O-])c1ccc(F)cc1N1CCOC(c2cccc(Br)c2)C1. The van der Waals surface area contributed by atoms with Gasteiger partial charge < -0.3 is 9.64 Å². The van der Waals surface area contributed by atoms with Crippen LogP contribution in [0.15, 0.2) is 46.9 Å². The van der Waals surface area contributed by atoms with E-state index < -0.39 is 10.7 Å². The van der Waals surface area contributed by atoms with Gasteiger partial charge in [-0.25, -0.2) is 4.39 Å². The quantitative estimate of drug-likeness (QED) is 0.594. The lowest BCUT2D eigenvalue weighted by atomic mass is 10.1. The number of nitrogens with zero attached hydrogens (tertiary/aromatic N) is 2. The van der Waals surface area contributed by atoms with Crippen LogP contribution in [-0.4, -0.2) is 24.6 Å². The van der Waals surface area contributed by atoms with Crippen molar-refractivity contribution >= 4 is 27.3 Å². The summed E-state index contributed by atoms with van der Waals surface area (Å²) >= 11 is 3.42. The summed E-state index contributed by atoms with van der Waals surface area (Å²) in [6.07, 6.45) is -0.218. The number of nitro benzene ring substituents is 1. The standard InChI is InChI=1S/C16H14BrFN2O3/c17-12-3-1-2-11(8-12)16-10-19(6-7-23-16)15-9-13(18)4-5-14(15)20(21)22/h1-5,8-9,16H,6-7,10H2. The molecule has 1 aliphatic heterocycles. The maximum absolute atomic E-state index is 13.6. The lowest BCUT2D eigenvalue weighted by Crippen LogP contribution is -2.38. The lowest BCUT2D eigenvalue weighted by Gasteiger charge is -2.34. The largest absolute Gasteiger partial charge is 0.370 e. The normalized spacial score (nSPS) is 18.0. The maximum atomic E-state index is 13.6. The first kappa shape index (κ1) is 15.9. The van der Waals surface area contributed by atoms with Gasteiger partial charge >= 0.3 is 0 Å². The fourth-order valence-corrected chi connectivity index (χ4v) is 3.10. The summed E-state index contributed by atoms with van der Waals surface area (Å²) in [5.41, 5.74) is 1.17. The molecule has 23 heavy (non-hydrogen) atoms. The van der Waals surface area contributed by atoms with Gasteiger partial charge in [0.15, 0.2) is 0 Å². The van der Waals surface area contributed by atoms with Crippen molar-refractivity contribution in [2.24, 2.45) is 0 Å². The molecule has 0 aromatic heterocycles. The van der Waals surface area contributed by atoms with Crippen LogP contribution in [0.1, 0.15) is 11.7 Å². The van der Waals surface area contributed by atoms with Crippen molar-refractivity contribution in [1.29, 1.82) is 0 Å². The minimum Gasteiger partial charge on any atom is -0.370 e. The number of morpholine rings is 1. The van der Waals surface area contributed by atoms with E-state index in [0.717, 1.165) is 16.1 Å². The number of rotatable bonds is 3. The zero-order valence-corrected chi connectivity index (χ0v) is 13.7. The highest BCUT2D eigenvalue weighted by molar-refractivity contribution is 9.10. The summed E-state index contributed by atoms with van der Waals surface area (Å²) in [7, 11) is 0. The second-order valence-corrected chi connectivity index (χ2v) is 6.17. The monoisotopic (exact) mass is 380 g/mol. The zero-order chi connectivity index (χ0) is 16.4. The molecule has 1 fully saturated rings. The zero-order valence-electron chi connectivity index (χ0n) is 12.1. The van der Waals surface area contributed by atoms with Gasteiger partial charge in [0.1, 0.15) is 17.6 Å². The van der Waals surface area contributed by atoms with Gasteiger partial charge in [0.2, 0.25) is 0 Å². The minimum atomic E-state index is -0.490. The molecule has 7 heteroatoms. The van der Waals surface area contributed by atoms with Gasteiger partial charge in [-0.1, -0.05) is 28.1 Å². The topological polar surface area (TPSA) is 55.6 Å². The van der Waals surface area contributed by atoms with Gasteiger partial charge in [0, 0.05) is 29.7 Å². The Morgan fingerprint density at radius 1 is 1.30 bits per heavy atom. The van der Waals surface area contributed by atoms with Crippen LogP contribution < -0.4 is 4.90 Å². The minimum absolute atomic E-state index is 0.0960. The van der Waals surface area contributed by atoms with E-state index in [1.807, 2.05) is 24.3 Å². The Morgan fingerprint density at radius 2 is 2.13 bits per heavy atom. The Morgan fingerprint density at radius 3 is 2.87 bits per heavy atom. The van der Waals surface area contributed by atoms with Crippen molar-refractivity contribution in [2.45, 2.75) is 6.10 Å². The number of benzene rings is 2. The highest BCUT2D eigenvalue weighted by Crippen LogP contribution is 2.33. The third-order valence-electron chi connectivity index (χ3n) is 3.76. The third-order valence-corrected chi connectivity index (χ3v) is 4.26. The van der Waals surface area contributed by atoms with E-state index in [9.17, 15) is 14.5 Å². The second kappa shape index (κ2) is 6.64. The molecule has 3 rings (SSSR count). The number of hydrogen-bond acceptors (Lipinski definition) is 4. The molecule has 1 aliphatic rings. The molecule has 1 atom stereocenters. The summed E-state index contributed by atoms with van der Waals surface area (Å²) in [6, 6.07) is 11.2. The van der Waals surface area contributed by atoms with Gasteiger partial charge in [-0.2, -0.15) is 0 Å². The Bertz CT molecular complexity index is 741. The van der Waals surface area contributed by atoms with Crippen molar-refractivity contribution in [1.82, 2.24) is 0 Å². The third kappa shape index (κ3) is 3.51. The number of nitro groups is 1. The molecule has 1 heterocycles. The van der Waals surface area contributed by atoms with Crippen molar-refractivity contribution in [3.05, 3.63) is 68.4 Å². The molecule has 5 nitrogen and oxygen atoms in total. The van der Waals surface area contributed by atoms with E-state index in [2.05, 4.69) is 15.9 Å². The van der Waals surface area contributed by atoms with Crippen LogP contribution in [0.4, 0.5) is 15.8 Å². The molecule has 1 saturated heterocycles. The van der Waals surface area contributed by atoms with Crippen molar-refractivity contribution in [3.63, 3.8) is 0 Å². The fourth-order valence-electron chi connectivity index (χ4n) is 2.68. The first-order valence-corrected chi connectivity index (χ1v) is 7.90. The predicted molar refractivity (Wildman–Crippen MR) is 88.1 cm³/mol. The lowest BCUT2D eigenvalue weighted by molar-refractivity contribution is -0.384. The Labute approximate surface area is 141 Å². The average Bonchev–Trinajstić information content (AvgIpc) is 2.54. The van der Waals surface area contributed by atoms with Crippen LogP contribution in [0.3, 0.4) is 0 Å². The number of anilines is 1. The molecule has 0 amide bonds. The molecule has 0 radical (unpaired) electrons. The summed E-state index contributed by atoms with van der Waals surface area (Å²) in [4.78, 5) is 12.5. The Hall–Kier alpha value is -1.99. The van der Waals surface area contributed by atoms with E-state index in [0.29, 0.717) is 25.4 Å². The first-order chi connectivity index (χ1) is 11.0. The van der Waals surface area contributed by atoms with Crippen molar-refractivity contribution in [2.75, 3.05) is 24.6 Å². The van der Waals surface area contributed by atoms with Crippen LogP contribution in [0.5, 0.6) is 0 Å². The van der Waals surface area contributed by atoms with Crippen LogP contribution in [0.2, 0.25) is 0 Å². The van der Waals surface area contributed by atoms with E-state index in [-0.39, 0.29) is 11.8 Å². The number of ether oxygens (including phenoxy) is 1. The van der Waals surface area contributed by atoms with E-state index in [1.165, 1.54) is 12.1 Å². The van der Waals surface area contributed by atoms with Crippen LogP contribution in [0.25, 0.3) is 0 Å². The van der Waals surface area contributed by atoms with Crippen LogP contribution in [-0.2, 0) is 4.74 Å². The van der Waals surface area contributed by atoms with Gasteiger partial charge in [-0.05, 0) is 23.8 Å². The van der Waals surface area contributed by atoms with Gasteiger partial charge in [0.25, 0.3) is 5.69 Å². The molecule has 0 bridgehead atoms. The summed E-state index contributed by atoms with van der Waals surface area (Å²) in [5.74, 6) is -0.490. The molecule has 0 spiro atoms. The van der Waals surface area contributed by atoms with Gasteiger partial charge in [0.05, 0.1) is 11.5 Å². The van der Waals surface area contributed by atoms with Gasteiger partial charge in [-0.15, -0.1) is 0 Å². The summed E-state index contributed by atoms with van der Waals surface area (Å²) in [5, 5.41) is 11.2. The van der Waals surface area contributed by atoms with Crippen LogP contribution in [0, 0.1) is 15.9 Å². The van der Waals surface area contributed by atoms with Gasteiger partial charge in [-0.3, -0.25) is 10.1 Å². The van der Waals surface area contributed by atoms with Crippen LogP contribution >= 0.6 is 15.9 Å².